The Morgan fingerprint density at radius 2 is 1.85 bits per heavy atom. The van der Waals surface area contributed by atoms with Crippen molar-refractivity contribution in [1.29, 1.82) is 0 Å². The number of amidine groups is 2. The van der Waals surface area contributed by atoms with Gasteiger partial charge < -0.3 is 5.73 Å². The molecular weight excluding hydrogens is 412 g/mol. The van der Waals surface area contributed by atoms with Crippen molar-refractivity contribution in [2.75, 3.05) is 0 Å². The van der Waals surface area contributed by atoms with E-state index in [0.29, 0.717) is 12.4 Å². The molecule has 1 aliphatic carbocycles. The Kier molecular flexibility index (Phi) is 8.60. The van der Waals surface area contributed by atoms with Gasteiger partial charge in [-0.05, 0) is 42.9 Å². The molecule has 7 heteroatoms. The lowest BCUT2D eigenvalue weighted by atomic mass is 9.98. The number of nitrogens with zero attached hydrogens (tertiary/aromatic N) is 3. The van der Waals surface area contributed by atoms with Crippen LogP contribution in [-0.4, -0.2) is 28.5 Å². The average molecular weight is 449 g/mol. The molecule has 33 heavy (non-hydrogen) atoms. The molecule has 0 aromatic heterocycles. The number of carbonyl (C=O) groups excluding carboxylic acids is 1. The van der Waals surface area contributed by atoms with Crippen LogP contribution in [0.5, 0.6) is 0 Å². The topological polar surface area (TPSA) is 109 Å². The number of rotatable bonds is 10. The lowest BCUT2D eigenvalue weighted by Crippen LogP contribution is -2.32. The van der Waals surface area contributed by atoms with Crippen LogP contribution < -0.4 is 17.1 Å². The van der Waals surface area contributed by atoms with Crippen molar-refractivity contribution in [3.8, 4) is 11.1 Å². The molecule has 1 amide bonds. The summed E-state index contributed by atoms with van der Waals surface area (Å²) in [6, 6.07) is 16.0. The maximum Gasteiger partial charge on any atom is 0.215 e. The molecule has 0 atom stereocenters. The highest BCUT2D eigenvalue weighted by Crippen LogP contribution is 2.33. The first-order chi connectivity index (χ1) is 16.0. The van der Waals surface area contributed by atoms with Gasteiger partial charge in [0.05, 0.1) is 12.1 Å². The summed E-state index contributed by atoms with van der Waals surface area (Å²) in [7, 11) is 0. The number of hydrogen-bond donors (Lipinski definition) is 3. The second-order valence-electron chi connectivity index (χ2n) is 8.94. The van der Waals surface area contributed by atoms with Gasteiger partial charge in [-0.2, -0.15) is 0 Å². The maximum atomic E-state index is 12.1. The zero-order valence-corrected chi connectivity index (χ0v) is 19.8. The number of unbranched alkanes of at least 4 members (excludes halogenated alkanes) is 1. The molecule has 0 unspecified atom stereocenters. The minimum absolute atomic E-state index is 0.0439. The Morgan fingerprint density at radius 1 is 1.15 bits per heavy atom. The van der Waals surface area contributed by atoms with Gasteiger partial charge in [0.15, 0.2) is 5.84 Å². The van der Waals surface area contributed by atoms with Crippen molar-refractivity contribution in [3.63, 3.8) is 0 Å². The molecule has 2 aromatic carbocycles. The van der Waals surface area contributed by atoms with Crippen LogP contribution in [0.3, 0.4) is 0 Å². The van der Waals surface area contributed by atoms with Crippen LogP contribution in [-0.2, 0) is 11.3 Å². The number of benzene rings is 2. The largest absolute Gasteiger partial charge is 0.382 e. The van der Waals surface area contributed by atoms with Crippen molar-refractivity contribution >= 4 is 18.1 Å². The summed E-state index contributed by atoms with van der Waals surface area (Å²) in [5, 5.41) is 3.90. The number of amides is 1. The van der Waals surface area contributed by atoms with E-state index in [0.717, 1.165) is 66.6 Å². The summed E-state index contributed by atoms with van der Waals surface area (Å²) in [6.07, 6.45) is 8.45. The summed E-state index contributed by atoms with van der Waals surface area (Å²) in [6.45, 7) is 4.89. The average Bonchev–Trinajstić information content (AvgIpc) is 3.27. The Morgan fingerprint density at radius 3 is 2.48 bits per heavy atom. The molecule has 5 N–H and O–H groups in total. The highest BCUT2D eigenvalue weighted by atomic mass is 16.1. The van der Waals surface area contributed by atoms with Crippen molar-refractivity contribution in [1.82, 2.24) is 10.4 Å². The number of carbonyl (C=O) groups is 1. The lowest BCUT2D eigenvalue weighted by molar-refractivity contribution is -0.115. The number of aliphatic imine (C=N–C) groups is 1. The van der Waals surface area contributed by atoms with E-state index in [1.54, 1.807) is 4.90 Å². The first kappa shape index (κ1) is 24.5. The zero-order chi connectivity index (χ0) is 23.7. The number of nitrogens with one attached hydrogen (secondary N) is 1. The smallest absolute Gasteiger partial charge is 0.215 e. The molecule has 176 valence electrons. The van der Waals surface area contributed by atoms with Gasteiger partial charge in [-0.15, -0.1) is 5.10 Å². The fourth-order valence-corrected chi connectivity index (χ4v) is 4.42. The molecule has 0 radical (unpaired) electrons. The fourth-order valence-electron chi connectivity index (χ4n) is 4.42. The minimum Gasteiger partial charge on any atom is -0.382 e. The van der Waals surface area contributed by atoms with Gasteiger partial charge >= 0.3 is 0 Å². The van der Waals surface area contributed by atoms with Gasteiger partial charge in [-0.25, -0.2) is 11.4 Å². The van der Waals surface area contributed by atoms with E-state index in [4.69, 9.17) is 16.6 Å². The van der Waals surface area contributed by atoms with Crippen LogP contribution in [0.1, 0.15) is 69.9 Å². The summed E-state index contributed by atoms with van der Waals surface area (Å²) in [5.41, 5.74) is 12.1. The van der Waals surface area contributed by atoms with E-state index in [2.05, 4.69) is 24.5 Å². The van der Waals surface area contributed by atoms with Gasteiger partial charge in [-0.3, -0.25) is 14.7 Å². The van der Waals surface area contributed by atoms with Crippen molar-refractivity contribution in [2.24, 2.45) is 21.7 Å². The molecule has 0 heterocycles. The first-order valence-electron chi connectivity index (χ1n) is 11.8. The van der Waals surface area contributed by atoms with E-state index in [9.17, 15) is 4.79 Å². The van der Waals surface area contributed by atoms with Crippen LogP contribution in [0, 0.1) is 0 Å². The quantitative estimate of drug-likeness (QED) is 0.165. The molecule has 0 spiro atoms. The predicted molar refractivity (Wildman–Crippen MR) is 135 cm³/mol. The van der Waals surface area contributed by atoms with Crippen molar-refractivity contribution in [2.45, 2.75) is 70.9 Å². The van der Waals surface area contributed by atoms with E-state index < -0.39 is 0 Å². The standard InChI is InChI=1S/C26H36N6O/c1-3-4-11-24(29-26(2)16-7-8-17-26)32(19-33)18-20-12-14-21(15-13-20)22-9-5-6-10-23(22)25(27)30-31-28/h5-6,9-10,12-15,19,31H,3-4,7-8,11,16-18,28H2,1-2H3,(H2,27,30). The summed E-state index contributed by atoms with van der Waals surface area (Å²) in [4.78, 5) is 18.9. The van der Waals surface area contributed by atoms with Crippen molar-refractivity contribution < 1.29 is 4.79 Å². The Hall–Kier alpha value is -3.19. The van der Waals surface area contributed by atoms with E-state index in [-0.39, 0.29) is 5.54 Å². The molecule has 3 rings (SSSR count). The normalized spacial score (nSPS) is 16.0. The highest BCUT2D eigenvalue weighted by Gasteiger charge is 2.29. The van der Waals surface area contributed by atoms with Gasteiger partial charge in [0.2, 0.25) is 6.41 Å². The summed E-state index contributed by atoms with van der Waals surface area (Å²) < 4.78 is 0. The van der Waals surface area contributed by atoms with Gasteiger partial charge in [0, 0.05) is 12.0 Å². The third kappa shape index (κ3) is 6.42. The third-order valence-electron chi connectivity index (χ3n) is 6.30. The molecule has 1 fully saturated rings. The summed E-state index contributed by atoms with van der Waals surface area (Å²) >= 11 is 0. The SMILES string of the molecule is CCCCC(=NC1(C)CCCC1)N(C=O)Cc1ccc(-c2ccccc2/C(N)=N/NN)cc1. The minimum atomic E-state index is -0.0439. The highest BCUT2D eigenvalue weighted by molar-refractivity contribution is 6.03. The van der Waals surface area contributed by atoms with Crippen LogP contribution in [0.2, 0.25) is 0 Å². The molecule has 1 saturated carbocycles. The maximum absolute atomic E-state index is 12.1. The Balaban J connectivity index is 1.82. The van der Waals surface area contributed by atoms with E-state index in [1.807, 2.05) is 48.5 Å². The fraction of sp³-hybridized carbons (Fsp3) is 0.423. The van der Waals surface area contributed by atoms with Crippen LogP contribution in [0.15, 0.2) is 58.6 Å². The first-order valence-corrected chi connectivity index (χ1v) is 11.8. The second-order valence-corrected chi connectivity index (χ2v) is 8.94. The molecule has 0 saturated heterocycles. The number of hydrazone groups is 1. The second kappa shape index (κ2) is 11.6. The zero-order valence-electron chi connectivity index (χ0n) is 19.8. The lowest BCUT2D eigenvalue weighted by Gasteiger charge is -2.26. The van der Waals surface area contributed by atoms with Crippen molar-refractivity contribution in [3.05, 3.63) is 59.7 Å². The van der Waals surface area contributed by atoms with Crippen LogP contribution in [0.25, 0.3) is 11.1 Å². The van der Waals surface area contributed by atoms with Gasteiger partial charge in [-0.1, -0.05) is 74.7 Å². The number of hydrazine groups is 1. The molecular formula is C26H36N6O. The number of nitrogens with two attached hydrogens (primary N) is 2. The van der Waals surface area contributed by atoms with Gasteiger partial charge in [0.25, 0.3) is 0 Å². The molecule has 0 aliphatic heterocycles. The molecule has 0 bridgehead atoms. The molecule has 1 aliphatic rings. The van der Waals surface area contributed by atoms with E-state index >= 15 is 0 Å². The van der Waals surface area contributed by atoms with Crippen LogP contribution >= 0.6 is 0 Å². The predicted octanol–water partition coefficient (Wildman–Crippen LogP) is 4.32. The molecule has 7 nitrogen and oxygen atoms in total. The number of hydrogen-bond acceptors (Lipinski definition) is 5. The summed E-state index contributed by atoms with van der Waals surface area (Å²) in [5.74, 6) is 6.52. The Bertz CT molecular complexity index is 977. The van der Waals surface area contributed by atoms with Gasteiger partial charge in [0.1, 0.15) is 5.84 Å². The van der Waals surface area contributed by atoms with E-state index in [1.165, 1.54) is 12.8 Å². The monoisotopic (exact) mass is 448 g/mol. The third-order valence-corrected chi connectivity index (χ3v) is 6.30. The molecule has 2 aromatic rings. The van der Waals surface area contributed by atoms with Crippen LogP contribution in [0.4, 0.5) is 0 Å². The Labute approximate surface area is 196 Å².